The number of carbonyl (C=O) groups excluding carboxylic acids is 3. The summed E-state index contributed by atoms with van der Waals surface area (Å²) in [4.78, 5) is 39.1. The Balaban J connectivity index is 2.86. The highest BCUT2D eigenvalue weighted by atomic mass is 16.2. The first-order chi connectivity index (χ1) is 12.1. The molecule has 4 amide bonds. The molecule has 0 aromatic carbocycles. The fraction of sp³-hybridized carbons (Fsp3) is 0.737. The quantitative estimate of drug-likeness (QED) is 0.619. The Labute approximate surface area is 156 Å². The summed E-state index contributed by atoms with van der Waals surface area (Å²) in [5, 5.41) is 8.14. The van der Waals surface area contributed by atoms with E-state index in [1.54, 1.807) is 4.90 Å². The van der Waals surface area contributed by atoms with Crippen molar-refractivity contribution in [1.82, 2.24) is 20.9 Å². The minimum absolute atomic E-state index is 0.0430. The molecule has 3 atom stereocenters. The van der Waals surface area contributed by atoms with E-state index in [1.165, 1.54) is 7.05 Å². The van der Waals surface area contributed by atoms with E-state index in [4.69, 9.17) is 6.42 Å². The van der Waals surface area contributed by atoms with Crippen molar-refractivity contribution >= 4 is 17.8 Å². The van der Waals surface area contributed by atoms with E-state index in [2.05, 4.69) is 21.9 Å². The Morgan fingerprint density at radius 2 is 1.92 bits per heavy atom. The molecule has 3 unspecified atom stereocenters. The minimum atomic E-state index is -0.713. The molecule has 7 heteroatoms. The Bertz CT molecular complexity index is 562. The smallest absolute Gasteiger partial charge is 0.315 e. The van der Waals surface area contributed by atoms with Crippen LogP contribution in [0.2, 0.25) is 0 Å². The lowest BCUT2D eigenvalue weighted by atomic mass is 9.85. The van der Waals surface area contributed by atoms with E-state index in [1.807, 2.05) is 27.7 Å². The SMILES string of the molecule is C#CCCC(C)NC(=O)C1CCCN1C(=O)C(NC(=O)NC)C(C)(C)C. The summed E-state index contributed by atoms with van der Waals surface area (Å²) >= 11 is 0. The Morgan fingerprint density at radius 3 is 2.46 bits per heavy atom. The van der Waals surface area contributed by atoms with Crippen LogP contribution in [0.4, 0.5) is 4.79 Å². The second kappa shape index (κ2) is 9.46. The van der Waals surface area contributed by atoms with Gasteiger partial charge in [0.2, 0.25) is 11.8 Å². The molecule has 1 aliphatic heterocycles. The lowest BCUT2D eigenvalue weighted by molar-refractivity contribution is -0.142. The largest absolute Gasteiger partial charge is 0.352 e. The zero-order valence-electron chi connectivity index (χ0n) is 16.5. The lowest BCUT2D eigenvalue weighted by Gasteiger charge is -2.35. The van der Waals surface area contributed by atoms with Gasteiger partial charge in [0.25, 0.3) is 0 Å². The molecule has 7 nitrogen and oxygen atoms in total. The number of terminal acetylenes is 1. The van der Waals surface area contributed by atoms with E-state index in [0.29, 0.717) is 25.8 Å². The molecule has 0 bridgehead atoms. The van der Waals surface area contributed by atoms with Gasteiger partial charge in [0.15, 0.2) is 0 Å². The van der Waals surface area contributed by atoms with Crippen LogP contribution in [-0.2, 0) is 9.59 Å². The molecule has 0 aromatic heterocycles. The molecule has 1 aliphatic rings. The van der Waals surface area contributed by atoms with Crippen molar-refractivity contribution in [2.24, 2.45) is 5.41 Å². The van der Waals surface area contributed by atoms with Gasteiger partial charge in [-0.2, -0.15) is 0 Å². The Morgan fingerprint density at radius 1 is 1.27 bits per heavy atom. The number of amides is 4. The van der Waals surface area contributed by atoms with Crippen LogP contribution in [0.3, 0.4) is 0 Å². The molecule has 3 N–H and O–H groups in total. The average molecular weight is 364 g/mol. The minimum Gasteiger partial charge on any atom is -0.352 e. The molecule has 26 heavy (non-hydrogen) atoms. The van der Waals surface area contributed by atoms with Crippen LogP contribution < -0.4 is 16.0 Å². The second-order valence-electron chi connectivity index (χ2n) is 7.86. The Hall–Kier alpha value is -2.23. The molecule has 0 radical (unpaired) electrons. The van der Waals surface area contributed by atoms with Gasteiger partial charge in [0.1, 0.15) is 12.1 Å². The van der Waals surface area contributed by atoms with Crippen LogP contribution in [0.1, 0.15) is 53.4 Å². The van der Waals surface area contributed by atoms with Crippen LogP contribution in [0, 0.1) is 17.8 Å². The number of hydrogen-bond donors (Lipinski definition) is 3. The van der Waals surface area contributed by atoms with E-state index in [0.717, 1.165) is 6.42 Å². The summed E-state index contributed by atoms with van der Waals surface area (Å²) in [6, 6.07) is -1.68. The predicted molar refractivity (Wildman–Crippen MR) is 101 cm³/mol. The van der Waals surface area contributed by atoms with Crippen LogP contribution in [0.25, 0.3) is 0 Å². The summed E-state index contributed by atoms with van der Waals surface area (Å²) in [6.07, 6.45) is 7.94. The van der Waals surface area contributed by atoms with Gasteiger partial charge in [0, 0.05) is 26.1 Å². The number of likely N-dealkylation sites (tertiary alicyclic amines) is 1. The zero-order valence-corrected chi connectivity index (χ0v) is 16.5. The van der Waals surface area contributed by atoms with Crippen LogP contribution in [-0.4, -0.2) is 54.5 Å². The van der Waals surface area contributed by atoms with E-state index < -0.39 is 23.5 Å². The molecule has 0 spiro atoms. The average Bonchev–Trinajstić information content (AvgIpc) is 3.05. The van der Waals surface area contributed by atoms with Crippen LogP contribution in [0.15, 0.2) is 0 Å². The fourth-order valence-electron chi connectivity index (χ4n) is 3.03. The summed E-state index contributed by atoms with van der Waals surface area (Å²) in [7, 11) is 1.50. The van der Waals surface area contributed by atoms with Crippen molar-refractivity contribution in [2.75, 3.05) is 13.6 Å². The van der Waals surface area contributed by atoms with Crippen molar-refractivity contribution in [3.05, 3.63) is 0 Å². The number of rotatable bonds is 6. The van der Waals surface area contributed by atoms with Crippen LogP contribution in [0.5, 0.6) is 0 Å². The first kappa shape index (κ1) is 21.8. The number of carbonyl (C=O) groups is 3. The van der Waals surface area contributed by atoms with Gasteiger partial charge in [0.05, 0.1) is 0 Å². The molecule has 0 aromatic rings. The van der Waals surface area contributed by atoms with Gasteiger partial charge >= 0.3 is 6.03 Å². The third-order valence-electron chi connectivity index (χ3n) is 4.56. The van der Waals surface area contributed by atoms with Gasteiger partial charge in [-0.3, -0.25) is 9.59 Å². The molecule has 1 saturated heterocycles. The maximum atomic E-state index is 13.1. The number of nitrogens with zero attached hydrogens (tertiary/aromatic N) is 1. The van der Waals surface area contributed by atoms with E-state index >= 15 is 0 Å². The molecule has 0 saturated carbocycles. The molecule has 1 heterocycles. The number of hydrogen-bond acceptors (Lipinski definition) is 3. The lowest BCUT2D eigenvalue weighted by Crippen LogP contribution is -2.59. The standard InChI is InChI=1S/C19H32N4O3/c1-7-8-10-13(2)21-16(24)14-11-9-12-23(14)17(25)15(19(3,4)5)22-18(26)20-6/h1,13-15H,8-12H2,2-6H3,(H,21,24)(H2,20,22,26). The second-order valence-corrected chi connectivity index (χ2v) is 7.86. The molecule has 1 rings (SSSR count). The first-order valence-electron chi connectivity index (χ1n) is 9.14. The summed E-state index contributed by atoms with van der Waals surface area (Å²) in [5.74, 6) is 2.18. The highest BCUT2D eigenvalue weighted by molar-refractivity contribution is 5.92. The fourth-order valence-corrected chi connectivity index (χ4v) is 3.03. The van der Waals surface area contributed by atoms with Crippen molar-refractivity contribution in [2.45, 2.75) is 71.5 Å². The molecule has 0 aliphatic carbocycles. The maximum absolute atomic E-state index is 13.1. The third kappa shape index (κ3) is 5.94. The number of urea groups is 1. The highest BCUT2D eigenvalue weighted by Gasteiger charge is 2.41. The van der Waals surface area contributed by atoms with Gasteiger partial charge in [-0.1, -0.05) is 20.8 Å². The normalized spacial score (nSPS) is 19.2. The van der Waals surface area contributed by atoms with Crippen molar-refractivity contribution in [3.63, 3.8) is 0 Å². The topological polar surface area (TPSA) is 90.5 Å². The van der Waals surface area contributed by atoms with Gasteiger partial charge in [-0.25, -0.2) is 4.79 Å². The molecule has 146 valence electrons. The monoisotopic (exact) mass is 364 g/mol. The maximum Gasteiger partial charge on any atom is 0.315 e. The molecular formula is C19H32N4O3. The number of nitrogens with one attached hydrogen (secondary N) is 3. The van der Waals surface area contributed by atoms with Gasteiger partial charge in [-0.15, -0.1) is 12.3 Å². The zero-order chi connectivity index (χ0) is 19.9. The highest BCUT2D eigenvalue weighted by Crippen LogP contribution is 2.26. The predicted octanol–water partition coefficient (Wildman–Crippen LogP) is 1.24. The molecule has 1 fully saturated rings. The summed E-state index contributed by atoms with van der Waals surface area (Å²) in [6.45, 7) is 8.08. The first-order valence-corrected chi connectivity index (χ1v) is 9.14. The van der Waals surface area contributed by atoms with Crippen molar-refractivity contribution < 1.29 is 14.4 Å². The third-order valence-corrected chi connectivity index (χ3v) is 4.56. The Kier molecular flexibility index (Phi) is 7.94. The molecular weight excluding hydrogens is 332 g/mol. The van der Waals surface area contributed by atoms with Crippen molar-refractivity contribution in [3.8, 4) is 12.3 Å². The summed E-state index contributed by atoms with van der Waals surface area (Å²) in [5.41, 5.74) is -0.479. The van der Waals surface area contributed by atoms with E-state index in [-0.39, 0.29) is 17.9 Å². The van der Waals surface area contributed by atoms with Gasteiger partial charge in [-0.05, 0) is 31.6 Å². The van der Waals surface area contributed by atoms with Crippen LogP contribution >= 0.6 is 0 Å². The van der Waals surface area contributed by atoms with Crippen molar-refractivity contribution in [1.29, 1.82) is 0 Å². The van der Waals surface area contributed by atoms with Gasteiger partial charge < -0.3 is 20.9 Å². The summed E-state index contributed by atoms with van der Waals surface area (Å²) < 4.78 is 0. The van der Waals surface area contributed by atoms with E-state index in [9.17, 15) is 14.4 Å².